The van der Waals surface area contributed by atoms with E-state index in [0.717, 1.165) is 31.4 Å². The average Bonchev–Trinajstić information content (AvgIpc) is 2.55. The molecule has 1 saturated carbocycles. The molecule has 0 heterocycles. The van der Waals surface area contributed by atoms with E-state index >= 15 is 0 Å². The predicted octanol–water partition coefficient (Wildman–Crippen LogP) is 3.23. The van der Waals surface area contributed by atoms with Crippen molar-refractivity contribution in [2.45, 2.75) is 51.5 Å². The Morgan fingerprint density at radius 1 is 1.22 bits per heavy atom. The average molecular weight is 318 g/mol. The Morgan fingerprint density at radius 2 is 1.83 bits per heavy atom. The number of benzene rings is 1. The van der Waals surface area contributed by atoms with Gasteiger partial charge in [-0.15, -0.1) is 0 Å². The molecular formula is C19H30N2O2. The van der Waals surface area contributed by atoms with Crippen molar-refractivity contribution >= 4 is 11.6 Å². The van der Waals surface area contributed by atoms with Gasteiger partial charge in [-0.25, -0.2) is 0 Å². The van der Waals surface area contributed by atoms with Crippen LogP contribution >= 0.6 is 0 Å². The maximum absolute atomic E-state index is 12.2. The van der Waals surface area contributed by atoms with Crippen LogP contribution in [0.2, 0.25) is 0 Å². The van der Waals surface area contributed by atoms with E-state index in [4.69, 9.17) is 0 Å². The lowest BCUT2D eigenvalue weighted by atomic mass is 9.86. The Hall–Kier alpha value is -1.39. The minimum atomic E-state index is 0.0362. The molecule has 2 N–H and O–H groups in total. The number of likely N-dealkylation sites (N-methyl/N-ethyl adjacent to an activating group) is 1. The highest BCUT2D eigenvalue weighted by Crippen LogP contribution is 2.26. The van der Waals surface area contributed by atoms with Crippen LogP contribution in [0, 0.1) is 5.92 Å². The van der Waals surface area contributed by atoms with E-state index in [0.29, 0.717) is 31.0 Å². The molecule has 0 atom stereocenters. The van der Waals surface area contributed by atoms with Crippen LogP contribution in [0.15, 0.2) is 24.3 Å². The van der Waals surface area contributed by atoms with Crippen molar-refractivity contribution in [3.63, 3.8) is 0 Å². The Balaban J connectivity index is 1.80. The van der Waals surface area contributed by atoms with Gasteiger partial charge < -0.3 is 10.4 Å². The highest BCUT2D eigenvalue weighted by Gasteiger charge is 2.24. The van der Waals surface area contributed by atoms with Crippen molar-refractivity contribution in [1.29, 1.82) is 0 Å². The van der Waals surface area contributed by atoms with E-state index in [1.54, 1.807) is 0 Å². The molecule has 1 aromatic carbocycles. The number of carbonyl (C=O) groups is 1. The van der Waals surface area contributed by atoms with Crippen molar-refractivity contribution in [2.24, 2.45) is 5.92 Å². The lowest BCUT2D eigenvalue weighted by Gasteiger charge is -2.33. The molecule has 0 aliphatic heterocycles. The van der Waals surface area contributed by atoms with Crippen molar-refractivity contribution in [3.8, 4) is 0 Å². The van der Waals surface area contributed by atoms with Crippen molar-refractivity contribution in [3.05, 3.63) is 29.8 Å². The fourth-order valence-electron chi connectivity index (χ4n) is 3.28. The number of anilines is 1. The minimum Gasteiger partial charge on any atom is -0.396 e. The summed E-state index contributed by atoms with van der Waals surface area (Å²) < 4.78 is 0. The molecule has 1 fully saturated rings. The molecule has 0 spiro atoms. The van der Waals surface area contributed by atoms with E-state index < -0.39 is 0 Å². The molecule has 128 valence electrons. The summed E-state index contributed by atoms with van der Waals surface area (Å²) >= 11 is 0. The lowest BCUT2D eigenvalue weighted by molar-refractivity contribution is -0.117. The molecule has 23 heavy (non-hydrogen) atoms. The Labute approximate surface area is 139 Å². The van der Waals surface area contributed by atoms with Gasteiger partial charge in [0.05, 0.1) is 6.54 Å². The normalized spacial score (nSPS) is 21.7. The van der Waals surface area contributed by atoms with Gasteiger partial charge in [-0.05, 0) is 62.3 Å². The first-order chi connectivity index (χ1) is 11.0. The smallest absolute Gasteiger partial charge is 0.238 e. The van der Waals surface area contributed by atoms with E-state index in [1.807, 2.05) is 19.2 Å². The summed E-state index contributed by atoms with van der Waals surface area (Å²) in [4.78, 5) is 14.4. The second-order valence-corrected chi connectivity index (χ2v) is 7.10. The number of hydrogen-bond donors (Lipinski definition) is 2. The number of amides is 1. The van der Waals surface area contributed by atoms with Gasteiger partial charge in [-0.3, -0.25) is 9.69 Å². The fraction of sp³-hybridized carbons (Fsp3) is 0.632. The number of hydrogen-bond acceptors (Lipinski definition) is 3. The molecule has 0 unspecified atom stereocenters. The molecule has 0 aromatic heterocycles. The summed E-state index contributed by atoms with van der Waals surface area (Å²) in [6.07, 6.45) is 4.25. The summed E-state index contributed by atoms with van der Waals surface area (Å²) in [5, 5.41) is 12.2. The van der Waals surface area contributed by atoms with Gasteiger partial charge in [0.25, 0.3) is 0 Å². The highest BCUT2D eigenvalue weighted by atomic mass is 16.3. The maximum atomic E-state index is 12.2. The molecule has 4 heteroatoms. The molecule has 1 aromatic rings. The van der Waals surface area contributed by atoms with Crippen molar-refractivity contribution in [1.82, 2.24) is 4.90 Å². The predicted molar refractivity (Wildman–Crippen MR) is 94.6 cm³/mol. The molecular weight excluding hydrogens is 288 g/mol. The molecule has 0 radical (unpaired) electrons. The second kappa shape index (κ2) is 8.46. The van der Waals surface area contributed by atoms with Gasteiger partial charge in [-0.1, -0.05) is 26.0 Å². The zero-order valence-corrected chi connectivity index (χ0v) is 14.6. The minimum absolute atomic E-state index is 0.0362. The van der Waals surface area contributed by atoms with Gasteiger partial charge >= 0.3 is 0 Å². The third kappa shape index (κ3) is 5.33. The van der Waals surface area contributed by atoms with Crippen molar-refractivity contribution in [2.75, 3.05) is 25.5 Å². The van der Waals surface area contributed by atoms with Crippen LogP contribution in [0.3, 0.4) is 0 Å². The van der Waals surface area contributed by atoms with E-state index in [1.165, 1.54) is 5.56 Å². The monoisotopic (exact) mass is 318 g/mol. The van der Waals surface area contributed by atoms with Gasteiger partial charge in [0.15, 0.2) is 0 Å². The molecule has 4 nitrogen and oxygen atoms in total. The maximum Gasteiger partial charge on any atom is 0.238 e. The number of aliphatic hydroxyl groups excluding tert-OH is 1. The SMILES string of the molecule is CC(C)c1ccc(NC(=O)CN(C)C2CCC(CO)CC2)cc1. The van der Waals surface area contributed by atoms with Crippen LogP contribution in [0.5, 0.6) is 0 Å². The summed E-state index contributed by atoms with van der Waals surface area (Å²) in [5.74, 6) is 0.988. The topological polar surface area (TPSA) is 52.6 Å². The Morgan fingerprint density at radius 3 is 2.35 bits per heavy atom. The summed E-state index contributed by atoms with van der Waals surface area (Å²) in [7, 11) is 2.02. The Bertz CT molecular complexity index is 491. The molecule has 0 bridgehead atoms. The largest absolute Gasteiger partial charge is 0.396 e. The van der Waals surface area contributed by atoms with Gasteiger partial charge in [-0.2, -0.15) is 0 Å². The lowest BCUT2D eigenvalue weighted by Crippen LogP contribution is -2.40. The van der Waals surface area contributed by atoms with Crippen LogP contribution in [-0.4, -0.2) is 42.2 Å². The first-order valence-electron chi connectivity index (χ1n) is 8.70. The first-order valence-corrected chi connectivity index (χ1v) is 8.70. The number of nitrogens with one attached hydrogen (secondary N) is 1. The second-order valence-electron chi connectivity index (χ2n) is 7.10. The van der Waals surface area contributed by atoms with Crippen LogP contribution < -0.4 is 5.32 Å². The third-order valence-corrected chi connectivity index (χ3v) is 4.95. The van der Waals surface area contributed by atoms with E-state index in [2.05, 4.69) is 36.2 Å². The number of aliphatic hydroxyl groups is 1. The van der Waals surface area contributed by atoms with E-state index in [-0.39, 0.29) is 5.91 Å². The highest BCUT2D eigenvalue weighted by molar-refractivity contribution is 5.92. The fourth-order valence-corrected chi connectivity index (χ4v) is 3.28. The van der Waals surface area contributed by atoms with Gasteiger partial charge in [0.2, 0.25) is 5.91 Å². The molecule has 1 amide bonds. The van der Waals surface area contributed by atoms with Gasteiger partial charge in [0.1, 0.15) is 0 Å². The third-order valence-electron chi connectivity index (χ3n) is 4.95. The standard InChI is InChI=1S/C19H30N2O2/c1-14(2)16-6-8-17(9-7-16)20-19(23)12-21(3)18-10-4-15(13-22)5-11-18/h6-9,14-15,18,22H,4-5,10-13H2,1-3H3,(H,20,23). The van der Waals surface area contributed by atoms with Crippen LogP contribution in [0.1, 0.15) is 51.0 Å². The van der Waals surface area contributed by atoms with Gasteiger partial charge in [0, 0.05) is 18.3 Å². The first kappa shape index (κ1) is 18.0. The van der Waals surface area contributed by atoms with Crippen molar-refractivity contribution < 1.29 is 9.90 Å². The number of nitrogens with zero attached hydrogens (tertiary/aromatic N) is 1. The zero-order chi connectivity index (χ0) is 16.8. The molecule has 0 saturated heterocycles. The van der Waals surface area contributed by atoms with Crippen LogP contribution in [-0.2, 0) is 4.79 Å². The summed E-state index contributed by atoms with van der Waals surface area (Å²) in [5.41, 5.74) is 2.14. The number of carbonyl (C=O) groups excluding carboxylic acids is 1. The van der Waals surface area contributed by atoms with Crippen LogP contribution in [0.25, 0.3) is 0 Å². The molecule has 1 aliphatic rings. The summed E-state index contributed by atoms with van der Waals surface area (Å²) in [6, 6.07) is 8.53. The summed E-state index contributed by atoms with van der Waals surface area (Å²) in [6.45, 7) is 5.03. The zero-order valence-electron chi connectivity index (χ0n) is 14.6. The molecule has 1 aliphatic carbocycles. The van der Waals surface area contributed by atoms with Crippen LogP contribution in [0.4, 0.5) is 5.69 Å². The van der Waals surface area contributed by atoms with E-state index in [9.17, 15) is 9.90 Å². The Kier molecular flexibility index (Phi) is 6.60. The number of rotatable bonds is 6. The molecule has 2 rings (SSSR count). The quantitative estimate of drug-likeness (QED) is 0.846.